The molecule has 4 rings (SSSR count). The zero-order valence-corrected chi connectivity index (χ0v) is 16.0. The summed E-state index contributed by atoms with van der Waals surface area (Å²) in [6.45, 7) is 4.43. The van der Waals surface area contributed by atoms with E-state index in [0.29, 0.717) is 35.7 Å². The van der Waals surface area contributed by atoms with Crippen LogP contribution in [0.4, 0.5) is 0 Å². The van der Waals surface area contributed by atoms with Crippen molar-refractivity contribution in [1.82, 2.24) is 4.90 Å². The number of esters is 1. The minimum absolute atomic E-state index is 0.103. The van der Waals surface area contributed by atoms with Crippen molar-refractivity contribution in [3.8, 4) is 11.5 Å². The summed E-state index contributed by atoms with van der Waals surface area (Å²) < 4.78 is 11.2. The zero-order chi connectivity index (χ0) is 18.6. The molecule has 0 spiro atoms. The molecule has 0 radical (unpaired) electrons. The van der Waals surface area contributed by atoms with Gasteiger partial charge in [-0.3, -0.25) is 9.59 Å². The van der Waals surface area contributed by atoms with E-state index in [2.05, 4.69) is 24.9 Å². The van der Waals surface area contributed by atoms with Gasteiger partial charge in [0.05, 0.1) is 7.11 Å². The summed E-state index contributed by atoms with van der Waals surface area (Å²) in [6.07, 6.45) is 3.29. The molecular weight excluding hydrogens is 330 g/mol. The number of methoxy groups -OCH3 is 1. The number of Topliss-reactive ketones (excluding diaryl/α,β-unsaturated/α-hetero) is 1. The molecule has 140 valence electrons. The lowest BCUT2D eigenvalue weighted by molar-refractivity contribution is -0.132. The predicted octanol–water partition coefficient (Wildman–Crippen LogP) is 2.73. The Hall–Kier alpha value is -1.88. The van der Waals surface area contributed by atoms with E-state index in [1.165, 1.54) is 12.5 Å². The normalized spacial score (nSPS) is 33.2. The van der Waals surface area contributed by atoms with E-state index < -0.39 is 0 Å². The van der Waals surface area contributed by atoms with Crippen molar-refractivity contribution in [3.63, 3.8) is 0 Å². The molecule has 0 aromatic heterocycles. The highest BCUT2D eigenvalue weighted by Gasteiger charge is 2.57. The number of fused-ring (bicyclic) bond motifs is 1. The number of ketones is 1. The van der Waals surface area contributed by atoms with Crippen LogP contribution in [0, 0.1) is 11.8 Å². The maximum atomic E-state index is 12.8. The van der Waals surface area contributed by atoms with E-state index in [1.54, 1.807) is 7.11 Å². The van der Waals surface area contributed by atoms with Crippen LogP contribution in [0.3, 0.4) is 0 Å². The highest BCUT2D eigenvalue weighted by Crippen LogP contribution is 2.59. The molecule has 1 aliphatic heterocycles. The lowest BCUT2D eigenvalue weighted by Crippen LogP contribution is -2.62. The van der Waals surface area contributed by atoms with Crippen LogP contribution in [-0.2, 0) is 21.4 Å². The second kappa shape index (κ2) is 6.08. The molecule has 5 heteroatoms. The van der Waals surface area contributed by atoms with Crippen LogP contribution in [0.5, 0.6) is 11.5 Å². The first-order valence-corrected chi connectivity index (χ1v) is 9.49. The molecule has 0 N–H and O–H groups in total. The number of likely N-dealkylation sites (tertiary alicyclic amines) is 1. The maximum Gasteiger partial charge on any atom is 0.308 e. The fourth-order valence-corrected chi connectivity index (χ4v) is 5.65. The lowest BCUT2D eigenvalue weighted by Gasteiger charge is -2.59. The monoisotopic (exact) mass is 357 g/mol. The van der Waals surface area contributed by atoms with E-state index >= 15 is 0 Å². The van der Waals surface area contributed by atoms with E-state index in [0.717, 1.165) is 31.4 Å². The summed E-state index contributed by atoms with van der Waals surface area (Å²) in [6, 6.07) is 4.41. The SMILES string of the molecule is COc1ccc2c(c1OC(C)=O)C13CCN(C)C(C2)C1CC(C)C(=O)C3. The van der Waals surface area contributed by atoms with E-state index in [-0.39, 0.29) is 17.3 Å². The second-order valence-corrected chi connectivity index (χ2v) is 8.27. The standard InChI is InChI=1S/C21H27NO4/c1-12-9-15-16-10-14-5-6-18(25-4)20(26-13(2)23)19(14)21(15,11-17(12)24)7-8-22(16)3/h5-6,12,15-16H,7-11H2,1-4H3. The average Bonchev–Trinajstić information content (AvgIpc) is 2.59. The van der Waals surface area contributed by atoms with Crippen LogP contribution in [0.15, 0.2) is 12.1 Å². The summed E-state index contributed by atoms with van der Waals surface area (Å²) in [5.74, 6) is 1.60. The Morgan fingerprint density at radius 3 is 2.81 bits per heavy atom. The molecule has 5 nitrogen and oxygen atoms in total. The highest BCUT2D eigenvalue weighted by molar-refractivity contribution is 5.84. The predicted molar refractivity (Wildman–Crippen MR) is 97.6 cm³/mol. The van der Waals surface area contributed by atoms with Crippen molar-refractivity contribution < 1.29 is 19.1 Å². The Balaban J connectivity index is 1.96. The third-order valence-corrected chi connectivity index (χ3v) is 6.90. The summed E-state index contributed by atoms with van der Waals surface area (Å²) >= 11 is 0. The first-order chi connectivity index (χ1) is 12.4. The van der Waals surface area contributed by atoms with Crippen molar-refractivity contribution in [2.24, 2.45) is 11.8 Å². The molecule has 1 saturated carbocycles. The molecular formula is C21H27NO4. The molecule has 4 unspecified atom stereocenters. The van der Waals surface area contributed by atoms with E-state index in [1.807, 2.05) is 6.07 Å². The minimum Gasteiger partial charge on any atom is -0.493 e. The molecule has 1 saturated heterocycles. The molecule has 1 heterocycles. The smallest absolute Gasteiger partial charge is 0.308 e. The van der Waals surface area contributed by atoms with E-state index in [9.17, 15) is 9.59 Å². The van der Waals surface area contributed by atoms with Crippen LogP contribution in [0.2, 0.25) is 0 Å². The molecule has 1 aromatic rings. The summed E-state index contributed by atoms with van der Waals surface area (Å²) in [4.78, 5) is 27.0. The molecule has 1 aromatic carbocycles. The number of ether oxygens (including phenoxy) is 2. The number of hydrogen-bond acceptors (Lipinski definition) is 5. The van der Waals surface area contributed by atoms with Crippen molar-refractivity contribution in [2.75, 3.05) is 20.7 Å². The number of benzene rings is 1. The summed E-state index contributed by atoms with van der Waals surface area (Å²) in [5, 5.41) is 0. The van der Waals surface area contributed by atoms with E-state index in [4.69, 9.17) is 9.47 Å². The van der Waals surface area contributed by atoms with Gasteiger partial charge in [-0.25, -0.2) is 0 Å². The minimum atomic E-state index is -0.352. The zero-order valence-electron chi connectivity index (χ0n) is 16.0. The van der Waals surface area contributed by atoms with Gasteiger partial charge in [-0.1, -0.05) is 13.0 Å². The van der Waals surface area contributed by atoms with Gasteiger partial charge in [0.2, 0.25) is 0 Å². The van der Waals surface area contributed by atoms with Gasteiger partial charge in [0.15, 0.2) is 11.5 Å². The third-order valence-electron chi connectivity index (χ3n) is 6.90. The van der Waals surface area contributed by atoms with Gasteiger partial charge in [-0.2, -0.15) is 0 Å². The van der Waals surface area contributed by atoms with Gasteiger partial charge in [0.25, 0.3) is 0 Å². The van der Waals surface area contributed by atoms with Gasteiger partial charge >= 0.3 is 5.97 Å². The van der Waals surface area contributed by atoms with Crippen LogP contribution in [0.25, 0.3) is 0 Å². The quantitative estimate of drug-likeness (QED) is 0.602. The Bertz CT molecular complexity index is 774. The Morgan fingerprint density at radius 1 is 1.35 bits per heavy atom. The lowest BCUT2D eigenvalue weighted by atomic mass is 9.50. The summed E-state index contributed by atoms with van der Waals surface area (Å²) in [7, 11) is 3.79. The molecule has 0 amide bonds. The molecule has 2 fully saturated rings. The molecule has 2 bridgehead atoms. The number of piperidine rings is 1. The number of hydrogen-bond donors (Lipinski definition) is 0. The number of rotatable bonds is 2. The molecule has 2 aliphatic carbocycles. The van der Waals surface area contributed by atoms with Gasteiger partial charge in [-0.05, 0) is 50.4 Å². The average molecular weight is 357 g/mol. The van der Waals surface area contributed by atoms with Gasteiger partial charge in [0, 0.05) is 36.3 Å². The fraction of sp³-hybridized carbons (Fsp3) is 0.619. The van der Waals surface area contributed by atoms with Gasteiger partial charge in [-0.15, -0.1) is 0 Å². The Morgan fingerprint density at radius 2 is 2.12 bits per heavy atom. The second-order valence-electron chi connectivity index (χ2n) is 8.27. The van der Waals surface area contributed by atoms with Crippen LogP contribution in [0.1, 0.15) is 44.2 Å². The van der Waals surface area contributed by atoms with Crippen molar-refractivity contribution in [1.29, 1.82) is 0 Å². The Labute approximate surface area is 154 Å². The van der Waals surface area contributed by atoms with Gasteiger partial charge in [0.1, 0.15) is 5.78 Å². The third kappa shape index (κ3) is 2.40. The number of nitrogens with zero attached hydrogens (tertiary/aromatic N) is 1. The number of carbonyl (C=O) groups excluding carboxylic acids is 2. The van der Waals surface area contributed by atoms with Crippen LogP contribution < -0.4 is 9.47 Å². The largest absolute Gasteiger partial charge is 0.493 e. The van der Waals surface area contributed by atoms with Gasteiger partial charge < -0.3 is 14.4 Å². The number of likely N-dealkylation sites (N-methyl/N-ethyl adjacent to an activating group) is 1. The molecule has 3 aliphatic rings. The Kier molecular flexibility index (Phi) is 4.10. The topological polar surface area (TPSA) is 55.8 Å². The van der Waals surface area contributed by atoms with Crippen LogP contribution >= 0.6 is 0 Å². The first kappa shape index (κ1) is 17.5. The molecule has 26 heavy (non-hydrogen) atoms. The van der Waals surface area contributed by atoms with Crippen molar-refractivity contribution >= 4 is 11.8 Å². The number of carbonyl (C=O) groups is 2. The fourth-order valence-electron chi connectivity index (χ4n) is 5.65. The maximum absolute atomic E-state index is 12.8. The molecule has 4 atom stereocenters. The first-order valence-electron chi connectivity index (χ1n) is 9.49. The van der Waals surface area contributed by atoms with Crippen molar-refractivity contribution in [3.05, 3.63) is 23.3 Å². The van der Waals surface area contributed by atoms with Crippen LogP contribution in [-0.4, -0.2) is 43.4 Å². The summed E-state index contributed by atoms with van der Waals surface area (Å²) in [5.41, 5.74) is 2.01. The van der Waals surface area contributed by atoms with Crippen molar-refractivity contribution in [2.45, 2.75) is 51.0 Å². The highest BCUT2D eigenvalue weighted by atomic mass is 16.6.